The van der Waals surface area contributed by atoms with Crippen LogP contribution in [0.1, 0.15) is 25.6 Å². The molecule has 18 heavy (non-hydrogen) atoms. The van der Waals surface area contributed by atoms with Crippen molar-refractivity contribution in [3.8, 4) is 0 Å². The minimum atomic E-state index is -3.39. The number of anilines is 1. The predicted octanol–water partition coefficient (Wildman–Crippen LogP) is 1.28. The quantitative estimate of drug-likeness (QED) is 0.577. The molecule has 0 aliphatic heterocycles. The third-order valence-corrected chi connectivity index (χ3v) is 3.39. The van der Waals surface area contributed by atoms with Crippen LogP contribution in [0.3, 0.4) is 0 Å². The minimum absolute atomic E-state index is 0.0337. The van der Waals surface area contributed by atoms with E-state index in [-0.39, 0.29) is 5.75 Å². The maximum Gasteiger partial charge on any atom is 0.209 e. The third-order valence-electron chi connectivity index (χ3n) is 2.13. The van der Waals surface area contributed by atoms with E-state index >= 15 is 0 Å². The first kappa shape index (κ1) is 15.3. The number of rotatable bonds is 7. The number of hydrogen-bond acceptors (Lipinski definition) is 5. The minimum Gasteiger partial charge on any atom is -0.370 e. The zero-order valence-corrected chi connectivity index (χ0v) is 12.6. The average Bonchev–Trinajstić information content (AvgIpc) is 2.23. The van der Waals surface area contributed by atoms with Crippen LogP contribution in [0.15, 0.2) is 10.7 Å². The summed E-state index contributed by atoms with van der Waals surface area (Å²) in [5, 5.41) is 7.97. The van der Waals surface area contributed by atoms with Gasteiger partial charge in [0.25, 0.3) is 0 Å². The van der Waals surface area contributed by atoms with E-state index in [4.69, 9.17) is 5.14 Å². The summed E-state index contributed by atoms with van der Waals surface area (Å²) in [6.07, 6.45) is 2.23. The lowest BCUT2D eigenvalue weighted by Crippen LogP contribution is -2.19. The molecule has 1 aromatic rings. The Balaban J connectivity index is 2.51. The van der Waals surface area contributed by atoms with E-state index < -0.39 is 10.0 Å². The van der Waals surface area contributed by atoms with Gasteiger partial charge in [-0.25, -0.2) is 23.5 Å². The largest absolute Gasteiger partial charge is 0.370 e. The van der Waals surface area contributed by atoms with E-state index in [1.165, 1.54) is 0 Å². The summed E-state index contributed by atoms with van der Waals surface area (Å²) < 4.78 is 22.2. The van der Waals surface area contributed by atoms with Crippen molar-refractivity contribution in [2.45, 2.75) is 26.2 Å². The number of nitrogens with zero attached hydrogens (tertiary/aromatic N) is 2. The molecule has 102 valence electrons. The van der Waals surface area contributed by atoms with Gasteiger partial charge in [0.1, 0.15) is 16.2 Å². The van der Waals surface area contributed by atoms with E-state index in [1.807, 2.05) is 0 Å². The van der Waals surface area contributed by atoms with E-state index in [9.17, 15) is 8.42 Å². The zero-order chi connectivity index (χ0) is 13.6. The molecule has 0 aliphatic rings. The molecule has 1 heterocycles. The first-order valence-electron chi connectivity index (χ1n) is 5.68. The number of aromatic nitrogens is 2. The molecule has 0 saturated carbocycles. The lowest BCUT2D eigenvalue weighted by atomic mass is 10.3. The fourth-order valence-corrected chi connectivity index (χ4v) is 2.35. The van der Waals surface area contributed by atoms with Crippen LogP contribution in [0.4, 0.5) is 5.82 Å². The third kappa shape index (κ3) is 6.27. The molecule has 0 spiro atoms. The highest BCUT2D eigenvalue weighted by atomic mass is 79.9. The number of sulfonamides is 1. The van der Waals surface area contributed by atoms with Crippen LogP contribution in [0.2, 0.25) is 0 Å². The van der Waals surface area contributed by atoms with Crippen LogP contribution in [-0.4, -0.2) is 30.7 Å². The molecule has 1 rings (SSSR count). The molecule has 0 saturated heterocycles. The van der Waals surface area contributed by atoms with Gasteiger partial charge >= 0.3 is 0 Å². The van der Waals surface area contributed by atoms with Gasteiger partial charge in [0.2, 0.25) is 10.0 Å². The van der Waals surface area contributed by atoms with Crippen molar-refractivity contribution >= 4 is 31.8 Å². The summed E-state index contributed by atoms with van der Waals surface area (Å²) in [6.45, 7) is 2.56. The monoisotopic (exact) mass is 336 g/mol. The van der Waals surface area contributed by atoms with Gasteiger partial charge in [-0.2, -0.15) is 0 Å². The van der Waals surface area contributed by atoms with Crippen molar-refractivity contribution in [1.82, 2.24) is 9.97 Å². The second-order valence-corrected chi connectivity index (χ2v) is 6.44. The van der Waals surface area contributed by atoms with E-state index in [2.05, 4.69) is 38.1 Å². The highest BCUT2D eigenvalue weighted by molar-refractivity contribution is 9.10. The predicted molar refractivity (Wildman–Crippen MR) is 74.8 cm³/mol. The van der Waals surface area contributed by atoms with Crippen LogP contribution >= 0.6 is 15.9 Å². The van der Waals surface area contributed by atoms with Crippen molar-refractivity contribution in [3.63, 3.8) is 0 Å². The second kappa shape index (κ2) is 7.01. The molecule has 0 amide bonds. The Labute approximate surface area is 116 Å². The number of nitrogens with two attached hydrogens (primary N) is 1. The molecule has 0 unspecified atom stereocenters. The van der Waals surface area contributed by atoms with Gasteiger partial charge in [0.05, 0.1) is 5.75 Å². The van der Waals surface area contributed by atoms with Crippen molar-refractivity contribution in [1.29, 1.82) is 0 Å². The summed E-state index contributed by atoms with van der Waals surface area (Å²) >= 11 is 3.32. The zero-order valence-electron chi connectivity index (χ0n) is 10.2. The van der Waals surface area contributed by atoms with Crippen molar-refractivity contribution in [2.24, 2.45) is 5.14 Å². The normalized spacial score (nSPS) is 11.5. The van der Waals surface area contributed by atoms with Crippen LogP contribution in [-0.2, 0) is 16.4 Å². The second-order valence-electron chi connectivity index (χ2n) is 3.89. The Morgan fingerprint density at radius 2 is 2.17 bits per heavy atom. The number of halogens is 1. The van der Waals surface area contributed by atoms with Crippen molar-refractivity contribution in [3.05, 3.63) is 16.5 Å². The van der Waals surface area contributed by atoms with Crippen LogP contribution < -0.4 is 10.5 Å². The first-order chi connectivity index (χ1) is 8.40. The van der Waals surface area contributed by atoms with E-state index in [1.54, 1.807) is 6.07 Å². The van der Waals surface area contributed by atoms with Gasteiger partial charge in [0, 0.05) is 19.0 Å². The lowest BCUT2D eigenvalue weighted by molar-refractivity contribution is 0.595. The lowest BCUT2D eigenvalue weighted by Gasteiger charge is -2.07. The van der Waals surface area contributed by atoms with Crippen molar-refractivity contribution in [2.75, 3.05) is 17.6 Å². The smallest absolute Gasteiger partial charge is 0.209 e. The Kier molecular flexibility index (Phi) is 5.97. The van der Waals surface area contributed by atoms with Crippen molar-refractivity contribution < 1.29 is 8.42 Å². The summed E-state index contributed by atoms with van der Waals surface area (Å²) in [5.74, 6) is 1.42. The number of aryl methyl sites for hydroxylation is 1. The summed E-state index contributed by atoms with van der Waals surface area (Å²) in [4.78, 5) is 8.57. The first-order valence-corrected chi connectivity index (χ1v) is 8.19. The number of hydrogen-bond donors (Lipinski definition) is 2. The molecule has 0 fully saturated rings. The van der Waals surface area contributed by atoms with Crippen LogP contribution in [0, 0.1) is 0 Å². The Hall–Kier alpha value is -0.730. The van der Waals surface area contributed by atoms with E-state index in [0.717, 1.165) is 23.3 Å². The fourth-order valence-electron chi connectivity index (χ4n) is 1.38. The van der Waals surface area contributed by atoms with Gasteiger partial charge in [-0.1, -0.05) is 6.92 Å². The standard InChI is InChI=1S/C10H17BrN4O2S/c1-2-4-9-14-8(11)7-10(15-9)13-5-3-6-18(12,16)17/h7H,2-6H2,1H3,(H2,12,16,17)(H,13,14,15). The summed E-state index contributed by atoms with van der Waals surface area (Å²) in [6, 6.07) is 1.76. The Morgan fingerprint density at radius 3 is 2.78 bits per heavy atom. The molecule has 0 bridgehead atoms. The molecular formula is C10H17BrN4O2S. The van der Waals surface area contributed by atoms with Gasteiger partial charge in [-0.15, -0.1) is 0 Å². The molecule has 0 aliphatic carbocycles. The SMILES string of the molecule is CCCc1nc(Br)cc(NCCCS(N)(=O)=O)n1. The Morgan fingerprint density at radius 1 is 1.44 bits per heavy atom. The molecular weight excluding hydrogens is 320 g/mol. The molecule has 0 radical (unpaired) electrons. The van der Waals surface area contributed by atoms with Crippen LogP contribution in [0.25, 0.3) is 0 Å². The Bertz CT molecular complexity index is 493. The van der Waals surface area contributed by atoms with Gasteiger partial charge in [-0.05, 0) is 28.8 Å². The van der Waals surface area contributed by atoms with E-state index in [0.29, 0.717) is 18.8 Å². The highest BCUT2D eigenvalue weighted by Gasteiger charge is 2.04. The fraction of sp³-hybridized carbons (Fsp3) is 0.600. The molecule has 3 N–H and O–H groups in total. The number of nitrogens with one attached hydrogen (secondary N) is 1. The van der Waals surface area contributed by atoms with Gasteiger partial charge in [-0.3, -0.25) is 0 Å². The van der Waals surface area contributed by atoms with Gasteiger partial charge < -0.3 is 5.32 Å². The highest BCUT2D eigenvalue weighted by Crippen LogP contribution is 2.13. The number of primary sulfonamides is 1. The summed E-state index contributed by atoms with van der Waals surface area (Å²) in [5.41, 5.74) is 0. The maximum absolute atomic E-state index is 10.8. The molecule has 0 atom stereocenters. The molecule has 8 heteroatoms. The summed E-state index contributed by atoms with van der Waals surface area (Å²) in [7, 11) is -3.39. The molecule has 1 aromatic heterocycles. The average molecular weight is 337 g/mol. The van der Waals surface area contributed by atoms with Gasteiger partial charge in [0.15, 0.2) is 0 Å². The molecule has 0 aromatic carbocycles. The maximum atomic E-state index is 10.8. The molecule has 6 nitrogen and oxygen atoms in total. The topological polar surface area (TPSA) is 98.0 Å². The van der Waals surface area contributed by atoms with Crippen LogP contribution in [0.5, 0.6) is 0 Å².